The summed E-state index contributed by atoms with van der Waals surface area (Å²) in [5.41, 5.74) is -0.273. The molecule has 1 amide bonds. The number of alkyl carbamates (subject to hydrolysis) is 1. The van der Waals surface area contributed by atoms with E-state index in [0.717, 1.165) is 5.56 Å². The molecule has 0 aliphatic carbocycles. The Bertz CT molecular complexity index is 758. The zero-order valence-corrected chi connectivity index (χ0v) is 12.7. The molecule has 1 heterocycles. The molecular weight excluding hydrogens is 323 g/mol. The number of hydrogen-bond donors (Lipinski definition) is 2. The van der Waals surface area contributed by atoms with E-state index in [9.17, 15) is 18.0 Å². The molecule has 0 bridgehead atoms. The minimum absolute atomic E-state index is 0.0964. The number of H-pyrrole nitrogens is 1. The lowest BCUT2D eigenvalue weighted by Crippen LogP contribution is -2.24. The van der Waals surface area contributed by atoms with Crippen molar-refractivity contribution < 1.29 is 22.7 Å². The summed E-state index contributed by atoms with van der Waals surface area (Å²) in [6.45, 7) is 1.39. The summed E-state index contributed by atoms with van der Waals surface area (Å²) >= 11 is 0. The van der Waals surface area contributed by atoms with E-state index in [1.54, 1.807) is 12.1 Å². The van der Waals surface area contributed by atoms with Gasteiger partial charge in [-0.05, 0) is 12.5 Å². The number of aromatic nitrogens is 2. The smallest absolute Gasteiger partial charge is 0.436 e. The van der Waals surface area contributed by atoms with Gasteiger partial charge < -0.3 is 10.1 Å². The standard InChI is InChI=1S/C16H14F3N3O2/c1-11-13(14(22-21-11)16(17,18)19)8-5-9-20-15(23)24-10-12-6-3-2-4-7-12/h2-4,6-7H,9-10H2,1H3,(H,20,23)(H,21,22). The normalized spacial score (nSPS) is 10.7. The Kier molecular flexibility index (Phi) is 5.47. The third-order valence-corrected chi connectivity index (χ3v) is 2.96. The van der Waals surface area contributed by atoms with Crippen LogP contribution in [0.4, 0.5) is 18.0 Å². The maximum atomic E-state index is 12.7. The zero-order chi connectivity index (χ0) is 17.6. The van der Waals surface area contributed by atoms with Gasteiger partial charge in [-0.15, -0.1) is 0 Å². The molecule has 0 aliphatic heterocycles. The summed E-state index contributed by atoms with van der Waals surface area (Å²) < 4.78 is 43.1. The quantitative estimate of drug-likeness (QED) is 0.846. The number of aromatic amines is 1. The molecule has 2 aromatic rings. The van der Waals surface area contributed by atoms with Crippen LogP contribution in [0.1, 0.15) is 22.5 Å². The number of benzene rings is 1. The molecule has 0 spiro atoms. The minimum atomic E-state index is -4.59. The van der Waals surface area contributed by atoms with Gasteiger partial charge in [-0.1, -0.05) is 42.2 Å². The molecule has 0 saturated carbocycles. The monoisotopic (exact) mass is 337 g/mol. The van der Waals surface area contributed by atoms with Crippen molar-refractivity contribution in [1.29, 1.82) is 0 Å². The molecule has 0 atom stereocenters. The first-order valence-electron chi connectivity index (χ1n) is 6.93. The SMILES string of the molecule is Cc1[nH]nc(C(F)(F)F)c1C#CCNC(=O)OCc1ccccc1. The lowest BCUT2D eigenvalue weighted by molar-refractivity contribution is -0.141. The van der Waals surface area contributed by atoms with E-state index in [1.807, 2.05) is 18.2 Å². The number of halogens is 3. The molecule has 5 nitrogen and oxygen atoms in total. The Morgan fingerprint density at radius 2 is 2.04 bits per heavy atom. The van der Waals surface area contributed by atoms with Gasteiger partial charge in [-0.25, -0.2) is 4.79 Å². The average molecular weight is 337 g/mol. The first kappa shape index (κ1) is 17.4. The van der Waals surface area contributed by atoms with E-state index in [-0.39, 0.29) is 24.4 Å². The highest BCUT2D eigenvalue weighted by Gasteiger charge is 2.37. The fourth-order valence-corrected chi connectivity index (χ4v) is 1.81. The van der Waals surface area contributed by atoms with Crippen molar-refractivity contribution in [3.8, 4) is 11.8 Å². The Morgan fingerprint density at radius 3 is 2.71 bits per heavy atom. The topological polar surface area (TPSA) is 67.0 Å². The maximum absolute atomic E-state index is 12.7. The van der Waals surface area contributed by atoms with Crippen molar-refractivity contribution in [1.82, 2.24) is 15.5 Å². The van der Waals surface area contributed by atoms with Crippen LogP contribution in [0.25, 0.3) is 0 Å². The van der Waals surface area contributed by atoms with E-state index >= 15 is 0 Å². The first-order valence-corrected chi connectivity index (χ1v) is 6.93. The van der Waals surface area contributed by atoms with Gasteiger partial charge >= 0.3 is 12.3 Å². The van der Waals surface area contributed by atoms with Crippen molar-refractivity contribution in [2.75, 3.05) is 6.54 Å². The summed E-state index contributed by atoms with van der Waals surface area (Å²) in [4.78, 5) is 11.5. The van der Waals surface area contributed by atoms with Crippen LogP contribution in [0.15, 0.2) is 30.3 Å². The van der Waals surface area contributed by atoms with Crippen molar-refractivity contribution in [2.45, 2.75) is 19.7 Å². The van der Waals surface area contributed by atoms with Gasteiger partial charge in [0, 0.05) is 5.69 Å². The molecule has 0 fully saturated rings. The van der Waals surface area contributed by atoms with Gasteiger partial charge in [-0.3, -0.25) is 5.10 Å². The molecule has 0 aliphatic rings. The molecule has 8 heteroatoms. The van der Waals surface area contributed by atoms with Crippen LogP contribution in [0.5, 0.6) is 0 Å². The zero-order valence-electron chi connectivity index (χ0n) is 12.7. The second kappa shape index (κ2) is 7.55. The third kappa shape index (κ3) is 4.78. The molecule has 126 valence electrons. The fraction of sp³-hybridized carbons (Fsp3) is 0.250. The van der Waals surface area contributed by atoms with Crippen molar-refractivity contribution in [2.24, 2.45) is 0 Å². The van der Waals surface area contributed by atoms with Gasteiger partial charge in [0.1, 0.15) is 6.61 Å². The number of carbonyl (C=O) groups excluding carboxylic acids is 1. The van der Waals surface area contributed by atoms with Crippen molar-refractivity contribution in [3.05, 3.63) is 52.8 Å². The molecule has 2 N–H and O–H groups in total. The molecule has 1 aromatic carbocycles. The molecule has 2 rings (SSSR count). The molecule has 0 unspecified atom stereocenters. The number of nitrogens with one attached hydrogen (secondary N) is 2. The fourth-order valence-electron chi connectivity index (χ4n) is 1.81. The average Bonchev–Trinajstić information content (AvgIpc) is 2.92. The number of amides is 1. The number of hydrogen-bond acceptors (Lipinski definition) is 3. The van der Waals surface area contributed by atoms with Gasteiger partial charge in [0.05, 0.1) is 12.1 Å². The number of rotatable bonds is 3. The van der Waals surface area contributed by atoms with Crippen molar-refractivity contribution in [3.63, 3.8) is 0 Å². The Labute approximate surface area is 136 Å². The minimum Gasteiger partial charge on any atom is -0.445 e. The number of carbonyl (C=O) groups is 1. The lowest BCUT2D eigenvalue weighted by atomic mass is 10.2. The van der Waals surface area contributed by atoms with E-state index < -0.39 is 18.0 Å². The predicted molar refractivity (Wildman–Crippen MR) is 79.8 cm³/mol. The number of alkyl halides is 3. The maximum Gasteiger partial charge on any atom is 0.436 e. The van der Waals surface area contributed by atoms with Crippen LogP contribution in [-0.2, 0) is 17.5 Å². The largest absolute Gasteiger partial charge is 0.445 e. The highest BCUT2D eigenvalue weighted by molar-refractivity contribution is 5.67. The first-order chi connectivity index (χ1) is 11.4. The van der Waals surface area contributed by atoms with Gasteiger partial charge in [0.25, 0.3) is 0 Å². The van der Waals surface area contributed by atoms with E-state index in [4.69, 9.17) is 4.74 Å². The Balaban J connectivity index is 1.86. The van der Waals surface area contributed by atoms with E-state index in [1.165, 1.54) is 6.92 Å². The Morgan fingerprint density at radius 1 is 1.33 bits per heavy atom. The molecule has 0 saturated heterocycles. The second-order valence-electron chi connectivity index (χ2n) is 4.79. The van der Waals surface area contributed by atoms with Gasteiger partial charge in [-0.2, -0.15) is 18.3 Å². The number of aryl methyl sites for hydroxylation is 1. The summed E-state index contributed by atoms with van der Waals surface area (Å²) in [5.74, 6) is 4.81. The van der Waals surface area contributed by atoms with E-state index in [2.05, 4.69) is 27.4 Å². The summed E-state index contributed by atoms with van der Waals surface area (Å²) in [7, 11) is 0. The molecular formula is C16H14F3N3O2. The predicted octanol–water partition coefficient (Wildman–Crippen LogP) is 3.01. The summed E-state index contributed by atoms with van der Waals surface area (Å²) in [6, 6.07) is 9.06. The highest BCUT2D eigenvalue weighted by atomic mass is 19.4. The number of ether oxygens (including phenoxy) is 1. The van der Waals surface area contributed by atoms with Crippen LogP contribution >= 0.6 is 0 Å². The lowest BCUT2D eigenvalue weighted by Gasteiger charge is -2.04. The van der Waals surface area contributed by atoms with Crippen LogP contribution in [0, 0.1) is 18.8 Å². The highest BCUT2D eigenvalue weighted by Crippen LogP contribution is 2.30. The second-order valence-corrected chi connectivity index (χ2v) is 4.79. The summed E-state index contributed by atoms with van der Waals surface area (Å²) in [6.07, 6.45) is -5.29. The van der Waals surface area contributed by atoms with Crippen LogP contribution in [0.2, 0.25) is 0 Å². The van der Waals surface area contributed by atoms with Gasteiger partial charge in [0.15, 0.2) is 5.69 Å². The Hall–Kier alpha value is -2.95. The van der Waals surface area contributed by atoms with Crippen molar-refractivity contribution >= 4 is 6.09 Å². The third-order valence-electron chi connectivity index (χ3n) is 2.96. The van der Waals surface area contributed by atoms with Crippen LogP contribution in [-0.4, -0.2) is 22.8 Å². The molecule has 0 radical (unpaired) electrons. The summed E-state index contributed by atoms with van der Waals surface area (Å²) in [5, 5.41) is 7.79. The number of nitrogens with zero attached hydrogens (tertiary/aromatic N) is 1. The molecule has 1 aromatic heterocycles. The van der Waals surface area contributed by atoms with Crippen LogP contribution in [0.3, 0.4) is 0 Å². The molecule has 24 heavy (non-hydrogen) atoms. The van der Waals surface area contributed by atoms with E-state index in [0.29, 0.717) is 0 Å². The van der Waals surface area contributed by atoms with Gasteiger partial charge in [0.2, 0.25) is 0 Å². The van der Waals surface area contributed by atoms with Crippen LogP contribution < -0.4 is 5.32 Å².